The SMILES string of the molecule is CN(C)CCO/C=C(\c1ccccc1)c1ccsc1. The molecule has 2 nitrogen and oxygen atoms in total. The molecule has 1 heterocycles. The summed E-state index contributed by atoms with van der Waals surface area (Å²) in [6.07, 6.45) is 1.88. The van der Waals surface area contributed by atoms with Crippen molar-refractivity contribution in [1.82, 2.24) is 4.90 Å². The summed E-state index contributed by atoms with van der Waals surface area (Å²) < 4.78 is 5.69. The van der Waals surface area contributed by atoms with Crippen molar-refractivity contribution in [3.8, 4) is 0 Å². The van der Waals surface area contributed by atoms with E-state index >= 15 is 0 Å². The number of hydrogen-bond acceptors (Lipinski definition) is 3. The molecule has 0 radical (unpaired) electrons. The van der Waals surface area contributed by atoms with E-state index in [-0.39, 0.29) is 0 Å². The van der Waals surface area contributed by atoms with Gasteiger partial charge in [-0.05, 0) is 42.0 Å². The molecule has 0 aliphatic carbocycles. The van der Waals surface area contributed by atoms with E-state index < -0.39 is 0 Å². The van der Waals surface area contributed by atoms with E-state index in [9.17, 15) is 0 Å². The van der Waals surface area contributed by atoms with E-state index in [1.807, 2.05) is 26.4 Å². The Morgan fingerprint density at radius 2 is 1.95 bits per heavy atom. The molecular weight excluding hydrogens is 254 g/mol. The Morgan fingerprint density at radius 3 is 2.58 bits per heavy atom. The number of nitrogens with zero attached hydrogens (tertiary/aromatic N) is 1. The summed E-state index contributed by atoms with van der Waals surface area (Å²) in [5.74, 6) is 0. The summed E-state index contributed by atoms with van der Waals surface area (Å²) >= 11 is 1.70. The van der Waals surface area contributed by atoms with Gasteiger partial charge in [0.25, 0.3) is 0 Å². The zero-order valence-corrected chi connectivity index (χ0v) is 12.2. The summed E-state index contributed by atoms with van der Waals surface area (Å²) in [6.45, 7) is 1.62. The molecule has 100 valence electrons. The van der Waals surface area contributed by atoms with Crippen molar-refractivity contribution in [2.75, 3.05) is 27.2 Å². The average Bonchev–Trinajstić information content (AvgIpc) is 2.93. The van der Waals surface area contributed by atoms with Gasteiger partial charge in [-0.1, -0.05) is 30.3 Å². The van der Waals surface area contributed by atoms with Crippen LogP contribution in [-0.2, 0) is 4.74 Å². The van der Waals surface area contributed by atoms with Gasteiger partial charge < -0.3 is 9.64 Å². The summed E-state index contributed by atoms with van der Waals surface area (Å²) in [6, 6.07) is 12.5. The summed E-state index contributed by atoms with van der Waals surface area (Å²) in [5.41, 5.74) is 3.53. The third kappa shape index (κ3) is 4.23. The first-order chi connectivity index (χ1) is 9.27. The first-order valence-electron chi connectivity index (χ1n) is 6.32. The minimum absolute atomic E-state index is 0.702. The van der Waals surface area contributed by atoms with Crippen molar-refractivity contribution in [2.45, 2.75) is 0 Å². The van der Waals surface area contributed by atoms with Crippen LogP contribution in [0.15, 0.2) is 53.4 Å². The Bertz CT molecular complexity index is 503. The molecule has 1 aromatic heterocycles. The third-order valence-electron chi connectivity index (χ3n) is 2.77. The Labute approximate surface area is 119 Å². The van der Waals surface area contributed by atoms with Crippen molar-refractivity contribution in [3.05, 3.63) is 64.5 Å². The topological polar surface area (TPSA) is 12.5 Å². The highest BCUT2D eigenvalue weighted by Crippen LogP contribution is 2.25. The van der Waals surface area contributed by atoms with Gasteiger partial charge in [-0.3, -0.25) is 0 Å². The maximum Gasteiger partial charge on any atom is 0.1000 e. The van der Waals surface area contributed by atoms with Crippen LogP contribution < -0.4 is 0 Å². The van der Waals surface area contributed by atoms with Crippen LogP contribution in [0.5, 0.6) is 0 Å². The van der Waals surface area contributed by atoms with Gasteiger partial charge in [0.2, 0.25) is 0 Å². The lowest BCUT2D eigenvalue weighted by Gasteiger charge is -2.10. The van der Waals surface area contributed by atoms with Gasteiger partial charge >= 0.3 is 0 Å². The number of benzene rings is 1. The lowest BCUT2D eigenvalue weighted by Crippen LogP contribution is -2.16. The number of hydrogen-bond donors (Lipinski definition) is 0. The normalized spacial score (nSPS) is 11.8. The van der Waals surface area contributed by atoms with Crippen LogP contribution in [0.2, 0.25) is 0 Å². The summed E-state index contributed by atoms with van der Waals surface area (Å²) in [5, 5.41) is 4.24. The van der Waals surface area contributed by atoms with E-state index in [4.69, 9.17) is 4.74 Å². The van der Waals surface area contributed by atoms with Gasteiger partial charge in [-0.25, -0.2) is 0 Å². The van der Waals surface area contributed by atoms with Gasteiger partial charge in [0.1, 0.15) is 0 Å². The molecule has 2 aromatic rings. The molecule has 0 aliphatic rings. The second-order valence-electron chi connectivity index (χ2n) is 4.58. The van der Waals surface area contributed by atoms with E-state index in [1.165, 1.54) is 11.1 Å². The number of likely N-dealkylation sites (N-methyl/N-ethyl adjacent to an activating group) is 1. The zero-order chi connectivity index (χ0) is 13.5. The maximum atomic E-state index is 5.69. The van der Waals surface area contributed by atoms with Crippen molar-refractivity contribution in [3.63, 3.8) is 0 Å². The molecule has 0 unspecified atom stereocenters. The standard InChI is InChI=1S/C16H19NOS/c1-17(2)9-10-18-12-16(15-8-11-19-13-15)14-6-4-3-5-7-14/h3-8,11-13H,9-10H2,1-2H3/b16-12+. The van der Waals surface area contributed by atoms with E-state index in [0.29, 0.717) is 6.61 Å². The van der Waals surface area contributed by atoms with Crippen LogP contribution in [0.1, 0.15) is 11.1 Å². The molecule has 0 atom stereocenters. The van der Waals surface area contributed by atoms with Crippen molar-refractivity contribution >= 4 is 16.9 Å². The lowest BCUT2D eigenvalue weighted by molar-refractivity contribution is 0.213. The van der Waals surface area contributed by atoms with Crippen LogP contribution >= 0.6 is 11.3 Å². The fraction of sp³-hybridized carbons (Fsp3) is 0.250. The Kier molecular flexibility index (Phi) is 5.19. The van der Waals surface area contributed by atoms with E-state index in [0.717, 1.165) is 12.1 Å². The van der Waals surface area contributed by atoms with Crippen molar-refractivity contribution < 1.29 is 4.74 Å². The van der Waals surface area contributed by atoms with Crippen LogP contribution in [0.3, 0.4) is 0 Å². The number of thiophene rings is 1. The number of rotatable bonds is 6. The minimum atomic E-state index is 0.702. The molecular formula is C16H19NOS. The molecule has 0 bridgehead atoms. The van der Waals surface area contributed by atoms with Gasteiger partial charge in [-0.15, -0.1) is 0 Å². The third-order valence-corrected chi connectivity index (χ3v) is 3.46. The second kappa shape index (κ2) is 7.12. The lowest BCUT2D eigenvalue weighted by atomic mass is 10.0. The van der Waals surface area contributed by atoms with E-state index in [2.05, 4.69) is 46.0 Å². The predicted molar refractivity (Wildman–Crippen MR) is 82.3 cm³/mol. The van der Waals surface area contributed by atoms with Crippen LogP contribution in [-0.4, -0.2) is 32.1 Å². The Balaban J connectivity index is 2.14. The molecule has 19 heavy (non-hydrogen) atoms. The highest BCUT2D eigenvalue weighted by Gasteiger charge is 2.05. The fourth-order valence-corrected chi connectivity index (χ4v) is 2.37. The van der Waals surface area contributed by atoms with Crippen molar-refractivity contribution in [2.24, 2.45) is 0 Å². The monoisotopic (exact) mass is 273 g/mol. The van der Waals surface area contributed by atoms with Gasteiger partial charge in [0.15, 0.2) is 0 Å². The molecule has 0 fully saturated rings. The fourth-order valence-electron chi connectivity index (χ4n) is 1.72. The Morgan fingerprint density at radius 1 is 1.16 bits per heavy atom. The molecule has 0 aliphatic heterocycles. The first kappa shape index (κ1) is 13.8. The zero-order valence-electron chi connectivity index (χ0n) is 11.4. The molecule has 2 rings (SSSR count). The van der Waals surface area contributed by atoms with Crippen LogP contribution in [0, 0.1) is 0 Å². The largest absolute Gasteiger partial charge is 0.499 e. The summed E-state index contributed by atoms with van der Waals surface area (Å²) in [4.78, 5) is 2.11. The van der Waals surface area contributed by atoms with Gasteiger partial charge in [0.05, 0.1) is 12.9 Å². The van der Waals surface area contributed by atoms with Crippen LogP contribution in [0.4, 0.5) is 0 Å². The highest BCUT2D eigenvalue weighted by molar-refractivity contribution is 7.08. The summed E-state index contributed by atoms with van der Waals surface area (Å²) in [7, 11) is 4.09. The molecule has 0 amide bonds. The van der Waals surface area contributed by atoms with Gasteiger partial charge in [-0.2, -0.15) is 11.3 Å². The molecule has 0 saturated heterocycles. The predicted octanol–water partition coefficient (Wildman–Crippen LogP) is 3.72. The molecule has 0 spiro atoms. The Hall–Kier alpha value is -1.58. The highest BCUT2D eigenvalue weighted by atomic mass is 32.1. The quantitative estimate of drug-likeness (QED) is 0.587. The van der Waals surface area contributed by atoms with E-state index in [1.54, 1.807) is 11.3 Å². The smallest absolute Gasteiger partial charge is 0.1000 e. The van der Waals surface area contributed by atoms with Gasteiger partial charge in [0, 0.05) is 12.1 Å². The molecule has 1 aromatic carbocycles. The molecule has 3 heteroatoms. The first-order valence-corrected chi connectivity index (χ1v) is 7.26. The number of ether oxygens (including phenoxy) is 1. The van der Waals surface area contributed by atoms with Crippen LogP contribution in [0.25, 0.3) is 5.57 Å². The second-order valence-corrected chi connectivity index (χ2v) is 5.36. The molecule has 0 saturated carbocycles. The minimum Gasteiger partial charge on any atom is -0.499 e. The van der Waals surface area contributed by atoms with Crippen molar-refractivity contribution in [1.29, 1.82) is 0 Å². The average molecular weight is 273 g/mol. The maximum absolute atomic E-state index is 5.69. The molecule has 0 N–H and O–H groups in total.